The average molecular weight is 69.1 g/mol. The van der Waals surface area contributed by atoms with Crippen LogP contribution in [0.2, 0.25) is 0 Å². The zero-order chi connectivity index (χ0) is 4.28. The van der Waals surface area contributed by atoms with E-state index < -0.39 is 0 Å². The van der Waals surface area contributed by atoms with Gasteiger partial charge in [0.15, 0.2) is 0 Å². The average Bonchev–Trinajstić information content (AvgIpc) is 1.38. The Morgan fingerprint density at radius 1 is 2.00 bits per heavy atom. The summed E-state index contributed by atoms with van der Waals surface area (Å²) in [5, 5.41) is 0. The van der Waals surface area contributed by atoms with Gasteiger partial charge in [0.2, 0.25) is 0 Å². The molecule has 0 nitrogen and oxygen atoms in total. The molecule has 0 atom stereocenters. The molecule has 0 aliphatic rings. The van der Waals surface area contributed by atoms with E-state index in [1.807, 2.05) is 6.92 Å². The molecular formula is C5H9-. The maximum absolute atomic E-state index is 3.61. The van der Waals surface area contributed by atoms with Crippen molar-refractivity contribution in [3.63, 3.8) is 0 Å². The van der Waals surface area contributed by atoms with Crippen molar-refractivity contribution in [1.82, 2.24) is 0 Å². The van der Waals surface area contributed by atoms with Crippen LogP contribution in [0.3, 0.4) is 0 Å². The fourth-order valence-corrected chi connectivity index (χ4v) is 0. The summed E-state index contributed by atoms with van der Waals surface area (Å²) >= 11 is 0. The van der Waals surface area contributed by atoms with E-state index in [9.17, 15) is 0 Å². The zero-order valence-electron chi connectivity index (χ0n) is 3.62. The van der Waals surface area contributed by atoms with E-state index in [1.54, 1.807) is 0 Å². The lowest BCUT2D eigenvalue weighted by Gasteiger charge is -1.88. The molecule has 0 saturated heterocycles. The van der Waals surface area contributed by atoms with Crippen LogP contribution in [0.25, 0.3) is 0 Å². The summed E-state index contributed by atoms with van der Waals surface area (Å²) in [6, 6.07) is 0. The Morgan fingerprint density at radius 2 is 2.20 bits per heavy atom. The molecule has 0 spiro atoms. The smallest absolute Gasteiger partial charge is 0.0468 e. The van der Waals surface area contributed by atoms with Crippen LogP contribution in [0, 0.1) is 6.92 Å². The summed E-state index contributed by atoms with van der Waals surface area (Å²) in [6.07, 6.45) is 0.861. The molecule has 30 valence electrons. The lowest BCUT2D eigenvalue weighted by atomic mass is 10.3. The molecule has 0 heterocycles. The van der Waals surface area contributed by atoms with Gasteiger partial charge >= 0.3 is 0 Å². The molecule has 0 heteroatoms. The first-order chi connectivity index (χ1) is 2.27. The van der Waals surface area contributed by atoms with Crippen molar-refractivity contribution in [2.24, 2.45) is 0 Å². The molecule has 0 bridgehead atoms. The standard InChI is InChI=1S/C5H9/c1-4-5(2)3/h1-2,4H2,3H3/q-1. The van der Waals surface area contributed by atoms with Crippen molar-refractivity contribution in [2.45, 2.75) is 13.3 Å². The van der Waals surface area contributed by atoms with Gasteiger partial charge < -0.3 is 6.92 Å². The summed E-state index contributed by atoms with van der Waals surface area (Å²) in [5.74, 6) is 0. The Morgan fingerprint density at radius 3 is 2.20 bits per heavy atom. The molecule has 0 aliphatic carbocycles. The molecule has 0 amide bonds. The minimum absolute atomic E-state index is 0.861. The van der Waals surface area contributed by atoms with E-state index in [2.05, 4.69) is 13.5 Å². The fourth-order valence-electron chi connectivity index (χ4n) is 0. The van der Waals surface area contributed by atoms with Crippen LogP contribution in [-0.2, 0) is 0 Å². The van der Waals surface area contributed by atoms with Crippen molar-refractivity contribution in [1.29, 1.82) is 0 Å². The Balaban J connectivity index is 2.85. The van der Waals surface area contributed by atoms with Gasteiger partial charge in [-0.3, -0.25) is 0 Å². The summed E-state index contributed by atoms with van der Waals surface area (Å²) in [4.78, 5) is 0. The third kappa shape index (κ3) is 3.74. The van der Waals surface area contributed by atoms with Gasteiger partial charge in [-0.15, -0.1) is 12.2 Å². The molecule has 0 aromatic carbocycles. The minimum atomic E-state index is 0.861. The van der Waals surface area contributed by atoms with Gasteiger partial charge in [-0.25, -0.2) is 0 Å². The highest BCUT2D eigenvalue weighted by Crippen LogP contribution is 1.88. The Bertz CT molecular complexity index is 35.3. The second kappa shape index (κ2) is 2.01. The quantitative estimate of drug-likeness (QED) is 0.325. The molecule has 0 unspecified atom stereocenters. The van der Waals surface area contributed by atoms with Crippen LogP contribution in [-0.4, -0.2) is 0 Å². The lowest BCUT2D eigenvalue weighted by molar-refractivity contribution is 1.23. The van der Waals surface area contributed by atoms with Crippen LogP contribution in [0.5, 0.6) is 0 Å². The van der Waals surface area contributed by atoms with E-state index in [4.69, 9.17) is 0 Å². The molecule has 0 N–H and O–H groups in total. The topological polar surface area (TPSA) is 0 Å². The molecule has 0 saturated carbocycles. The van der Waals surface area contributed by atoms with Gasteiger partial charge in [-0.05, 0) is 6.92 Å². The van der Waals surface area contributed by atoms with Crippen LogP contribution in [0.1, 0.15) is 13.3 Å². The number of allylic oxidation sites excluding steroid dienone is 1. The van der Waals surface area contributed by atoms with Crippen LogP contribution in [0.15, 0.2) is 12.2 Å². The third-order valence-corrected chi connectivity index (χ3v) is 0.427. The molecule has 5 heavy (non-hydrogen) atoms. The van der Waals surface area contributed by atoms with Gasteiger partial charge in [0.1, 0.15) is 0 Å². The summed E-state index contributed by atoms with van der Waals surface area (Å²) in [7, 11) is 0. The Hall–Kier alpha value is -0.260. The first-order valence-corrected chi connectivity index (χ1v) is 1.71. The van der Waals surface area contributed by atoms with Crippen LogP contribution >= 0.6 is 0 Å². The number of hydrogen-bond acceptors (Lipinski definition) is 0. The first kappa shape index (κ1) is 4.74. The third-order valence-electron chi connectivity index (χ3n) is 0.427. The highest BCUT2D eigenvalue weighted by atomic mass is 13.7. The van der Waals surface area contributed by atoms with Crippen molar-refractivity contribution >= 4 is 0 Å². The van der Waals surface area contributed by atoms with E-state index in [0.29, 0.717) is 0 Å². The minimum Gasteiger partial charge on any atom is -0.339 e. The Kier molecular flexibility index (Phi) is 1.90. The Labute approximate surface area is 33.5 Å². The number of rotatable bonds is 1. The molecule has 0 rings (SSSR count). The van der Waals surface area contributed by atoms with Crippen molar-refractivity contribution in [3.8, 4) is 0 Å². The van der Waals surface area contributed by atoms with E-state index in [1.165, 1.54) is 0 Å². The monoisotopic (exact) mass is 69.1 g/mol. The molecule has 0 aromatic heterocycles. The van der Waals surface area contributed by atoms with Gasteiger partial charge in [0.25, 0.3) is 0 Å². The normalized spacial score (nSPS) is 7.60. The molecular weight excluding hydrogens is 60.1 g/mol. The van der Waals surface area contributed by atoms with Gasteiger partial charge in [-0.2, -0.15) is 6.42 Å². The van der Waals surface area contributed by atoms with E-state index >= 15 is 0 Å². The summed E-state index contributed by atoms with van der Waals surface area (Å²) < 4.78 is 0. The molecule has 0 fully saturated rings. The molecule has 0 aromatic rings. The largest absolute Gasteiger partial charge is 0.339 e. The highest BCUT2D eigenvalue weighted by molar-refractivity contribution is 4.87. The van der Waals surface area contributed by atoms with Gasteiger partial charge in [0.05, 0.1) is 0 Å². The summed E-state index contributed by atoms with van der Waals surface area (Å²) in [6.45, 7) is 9.16. The van der Waals surface area contributed by atoms with Gasteiger partial charge in [-0.1, -0.05) is 0 Å². The second-order valence-electron chi connectivity index (χ2n) is 1.21. The summed E-state index contributed by atoms with van der Waals surface area (Å²) in [5.41, 5.74) is 1.14. The van der Waals surface area contributed by atoms with Crippen LogP contribution in [0.4, 0.5) is 0 Å². The molecule has 0 aliphatic heterocycles. The maximum atomic E-state index is 3.61. The second-order valence-corrected chi connectivity index (χ2v) is 1.21. The van der Waals surface area contributed by atoms with Crippen molar-refractivity contribution < 1.29 is 0 Å². The van der Waals surface area contributed by atoms with E-state index in [0.717, 1.165) is 12.0 Å². The van der Waals surface area contributed by atoms with Crippen molar-refractivity contribution in [3.05, 3.63) is 19.1 Å². The SMILES string of the molecule is C=C(C)C[CH2-]. The fraction of sp³-hybridized carbons (Fsp3) is 0.400. The highest BCUT2D eigenvalue weighted by Gasteiger charge is 1.60. The maximum Gasteiger partial charge on any atom is -0.0468 e. The van der Waals surface area contributed by atoms with E-state index in [-0.39, 0.29) is 0 Å². The first-order valence-electron chi connectivity index (χ1n) is 1.71. The number of hydrogen-bond donors (Lipinski definition) is 0. The van der Waals surface area contributed by atoms with Gasteiger partial charge in [0, 0.05) is 0 Å². The van der Waals surface area contributed by atoms with Crippen molar-refractivity contribution in [2.75, 3.05) is 0 Å². The predicted molar refractivity (Wildman–Crippen MR) is 24.8 cm³/mol. The molecule has 0 radical (unpaired) electrons. The zero-order valence-corrected chi connectivity index (χ0v) is 3.62. The predicted octanol–water partition coefficient (Wildman–Crippen LogP) is 1.79. The van der Waals surface area contributed by atoms with Crippen LogP contribution < -0.4 is 0 Å². The lowest BCUT2D eigenvalue weighted by Crippen LogP contribution is -1.59.